The molecule has 4 rings (SSSR count). The van der Waals surface area contributed by atoms with E-state index in [1.54, 1.807) is 0 Å². The molecule has 0 bridgehead atoms. The van der Waals surface area contributed by atoms with Crippen molar-refractivity contribution in [2.24, 2.45) is 0 Å². The Balaban J connectivity index is 1.88. The molecule has 2 heteroatoms. The van der Waals surface area contributed by atoms with E-state index in [-0.39, 0.29) is 5.66 Å². The molecule has 0 radical (unpaired) electrons. The van der Waals surface area contributed by atoms with Gasteiger partial charge in [-0.3, -0.25) is 0 Å². The first-order chi connectivity index (χ1) is 8.86. The fourth-order valence-corrected chi connectivity index (χ4v) is 3.50. The summed E-state index contributed by atoms with van der Waals surface area (Å²) in [6.07, 6.45) is 6.45. The van der Waals surface area contributed by atoms with Gasteiger partial charge >= 0.3 is 0 Å². The highest BCUT2D eigenvalue weighted by molar-refractivity contribution is 6.05. The van der Waals surface area contributed by atoms with Crippen LogP contribution in [-0.2, 0) is 0 Å². The van der Waals surface area contributed by atoms with Crippen LogP contribution in [0.15, 0.2) is 36.4 Å². The lowest BCUT2D eigenvalue weighted by Gasteiger charge is -2.44. The molecule has 2 aliphatic rings. The summed E-state index contributed by atoms with van der Waals surface area (Å²) >= 11 is 0. The van der Waals surface area contributed by atoms with Gasteiger partial charge in [0.2, 0.25) is 0 Å². The van der Waals surface area contributed by atoms with Crippen LogP contribution in [0.5, 0.6) is 0 Å². The summed E-state index contributed by atoms with van der Waals surface area (Å²) in [6, 6.07) is 13.1. The lowest BCUT2D eigenvalue weighted by Crippen LogP contribution is -2.49. The number of hydrogen-bond acceptors (Lipinski definition) is 2. The van der Waals surface area contributed by atoms with Crippen LogP contribution in [0.1, 0.15) is 32.1 Å². The van der Waals surface area contributed by atoms with Gasteiger partial charge in [-0.25, -0.2) is 0 Å². The minimum absolute atomic E-state index is 0.0981. The molecule has 0 saturated heterocycles. The first-order valence-corrected chi connectivity index (χ1v) is 6.95. The quantitative estimate of drug-likeness (QED) is 0.713. The van der Waals surface area contributed by atoms with E-state index in [1.807, 2.05) is 0 Å². The van der Waals surface area contributed by atoms with Crippen molar-refractivity contribution < 1.29 is 0 Å². The summed E-state index contributed by atoms with van der Waals surface area (Å²) in [5.74, 6) is 0. The third kappa shape index (κ3) is 1.41. The van der Waals surface area contributed by atoms with E-state index in [1.165, 1.54) is 54.3 Å². The zero-order valence-corrected chi connectivity index (χ0v) is 10.5. The summed E-state index contributed by atoms with van der Waals surface area (Å²) < 4.78 is 0. The van der Waals surface area contributed by atoms with E-state index < -0.39 is 0 Å². The molecule has 0 atom stereocenters. The molecule has 0 amide bonds. The van der Waals surface area contributed by atoms with Crippen molar-refractivity contribution in [3.8, 4) is 0 Å². The van der Waals surface area contributed by atoms with Crippen molar-refractivity contribution >= 4 is 22.1 Å². The predicted octanol–water partition coefficient (Wildman–Crippen LogP) is 4.34. The molecule has 2 nitrogen and oxygen atoms in total. The van der Waals surface area contributed by atoms with Crippen LogP contribution in [0.2, 0.25) is 0 Å². The van der Waals surface area contributed by atoms with Gasteiger partial charge in [0.25, 0.3) is 0 Å². The Morgan fingerprint density at radius 2 is 1.39 bits per heavy atom. The molecule has 2 aromatic carbocycles. The zero-order valence-electron chi connectivity index (χ0n) is 10.5. The van der Waals surface area contributed by atoms with Crippen LogP contribution >= 0.6 is 0 Å². The van der Waals surface area contributed by atoms with Crippen molar-refractivity contribution in [3.05, 3.63) is 36.4 Å². The van der Waals surface area contributed by atoms with Crippen LogP contribution in [0.3, 0.4) is 0 Å². The topological polar surface area (TPSA) is 24.1 Å². The number of benzene rings is 2. The SMILES string of the molecule is c1cc2c3c(cccc3c1)NC1(CCCCC1)N2. The first-order valence-electron chi connectivity index (χ1n) is 6.95. The smallest absolute Gasteiger partial charge is 0.108 e. The molecule has 2 aromatic rings. The summed E-state index contributed by atoms with van der Waals surface area (Å²) in [7, 11) is 0. The van der Waals surface area contributed by atoms with Gasteiger partial charge in [0.1, 0.15) is 5.66 Å². The van der Waals surface area contributed by atoms with Gasteiger partial charge in [0, 0.05) is 16.8 Å². The molecule has 92 valence electrons. The Morgan fingerprint density at radius 3 is 2.00 bits per heavy atom. The summed E-state index contributed by atoms with van der Waals surface area (Å²) in [5.41, 5.74) is 2.69. The highest BCUT2D eigenvalue weighted by Crippen LogP contribution is 2.42. The molecule has 1 aliphatic heterocycles. The average molecular weight is 238 g/mol. The Morgan fingerprint density at radius 1 is 0.778 bits per heavy atom. The summed E-state index contributed by atoms with van der Waals surface area (Å²) in [5, 5.41) is 10.2. The molecule has 18 heavy (non-hydrogen) atoms. The lowest BCUT2D eigenvalue weighted by molar-refractivity contribution is 0.358. The van der Waals surface area contributed by atoms with Gasteiger partial charge in [-0.2, -0.15) is 0 Å². The van der Waals surface area contributed by atoms with Gasteiger partial charge in [-0.15, -0.1) is 0 Å². The maximum absolute atomic E-state index is 3.77. The van der Waals surface area contributed by atoms with E-state index in [2.05, 4.69) is 47.0 Å². The normalized spacial score (nSPS) is 20.4. The second-order valence-corrected chi connectivity index (χ2v) is 5.60. The summed E-state index contributed by atoms with van der Waals surface area (Å²) in [4.78, 5) is 0. The molecule has 1 saturated carbocycles. The van der Waals surface area contributed by atoms with Crippen LogP contribution in [0.25, 0.3) is 10.8 Å². The molecule has 1 aliphatic carbocycles. The van der Waals surface area contributed by atoms with Crippen LogP contribution in [0.4, 0.5) is 11.4 Å². The second kappa shape index (κ2) is 3.64. The fraction of sp³-hybridized carbons (Fsp3) is 0.375. The van der Waals surface area contributed by atoms with Crippen LogP contribution in [-0.4, -0.2) is 5.66 Å². The molecular formula is C16H18N2. The number of nitrogens with one attached hydrogen (secondary N) is 2. The van der Waals surface area contributed by atoms with Crippen molar-refractivity contribution in [2.75, 3.05) is 10.6 Å². The maximum Gasteiger partial charge on any atom is 0.108 e. The first kappa shape index (κ1) is 10.2. The number of anilines is 2. The molecule has 0 unspecified atom stereocenters. The predicted molar refractivity (Wildman–Crippen MR) is 77.0 cm³/mol. The standard InChI is InChI=1S/C16H18N2/c1-2-10-16(11-3-1)17-13-8-4-6-12-7-5-9-14(18-16)15(12)13/h4-9,17-18H,1-3,10-11H2. The summed E-state index contributed by atoms with van der Waals surface area (Å²) in [6.45, 7) is 0. The van der Waals surface area contributed by atoms with E-state index >= 15 is 0 Å². The maximum atomic E-state index is 3.77. The lowest BCUT2D eigenvalue weighted by atomic mass is 9.86. The van der Waals surface area contributed by atoms with Crippen LogP contribution in [0, 0.1) is 0 Å². The number of rotatable bonds is 0. The fourth-order valence-electron chi connectivity index (χ4n) is 3.50. The van der Waals surface area contributed by atoms with Crippen LogP contribution < -0.4 is 10.6 Å². The van der Waals surface area contributed by atoms with E-state index in [4.69, 9.17) is 0 Å². The van der Waals surface area contributed by atoms with Gasteiger partial charge < -0.3 is 10.6 Å². The van der Waals surface area contributed by atoms with Gasteiger partial charge in [0.05, 0.1) is 0 Å². The molecule has 1 fully saturated rings. The van der Waals surface area contributed by atoms with Crippen molar-refractivity contribution in [3.63, 3.8) is 0 Å². The second-order valence-electron chi connectivity index (χ2n) is 5.60. The minimum Gasteiger partial charge on any atom is -0.362 e. The van der Waals surface area contributed by atoms with Crippen molar-refractivity contribution in [1.29, 1.82) is 0 Å². The number of hydrogen-bond donors (Lipinski definition) is 2. The van der Waals surface area contributed by atoms with Crippen molar-refractivity contribution in [2.45, 2.75) is 37.8 Å². The highest BCUT2D eigenvalue weighted by atomic mass is 15.2. The average Bonchev–Trinajstić information content (AvgIpc) is 2.40. The Labute approximate surface area is 107 Å². The van der Waals surface area contributed by atoms with Gasteiger partial charge in [0.15, 0.2) is 0 Å². The van der Waals surface area contributed by atoms with E-state index in [9.17, 15) is 0 Å². The Hall–Kier alpha value is -1.70. The van der Waals surface area contributed by atoms with E-state index in [0.29, 0.717) is 0 Å². The molecule has 2 N–H and O–H groups in total. The molecule has 1 heterocycles. The zero-order chi connectivity index (χ0) is 12.0. The third-order valence-corrected chi connectivity index (χ3v) is 4.36. The molecule has 0 aromatic heterocycles. The highest BCUT2D eigenvalue weighted by Gasteiger charge is 2.35. The Bertz CT molecular complexity index is 554. The van der Waals surface area contributed by atoms with Gasteiger partial charge in [-0.1, -0.05) is 30.7 Å². The van der Waals surface area contributed by atoms with Crippen molar-refractivity contribution in [1.82, 2.24) is 0 Å². The Kier molecular flexibility index (Phi) is 2.07. The molecule has 1 spiro atoms. The largest absolute Gasteiger partial charge is 0.362 e. The molecular weight excluding hydrogens is 220 g/mol. The minimum atomic E-state index is 0.0981. The van der Waals surface area contributed by atoms with E-state index in [0.717, 1.165) is 0 Å². The van der Waals surface area contributed by atoms with Gasteiger partial charge in [-0.05, 0) is 43.2 Å². The third-order valence-electron chi connectivity index (χ3n) is 4.36. The monoisotopic (exact) mass is 238 g/mol.